The first kappa shape index (κ1) is 13.5. The average molecular weight is 242 g/mol. The molecule has 0 aromatic carbocycles. The molecule has 0 bridgehead atoms. The number of aliphatic carboxylic acids is 1. The lowest BCUT2D eigenvalue weighted by Gasteiger charge is -2.22. The number of likely N-dealkylation sites (tertiary alicyclic amines) is 1. The summed E-state index contributed by atoms with van der Waals surface area (Å²) in [5.41, 5.74) is -0.347. The van der Waals surface area contributed by atoms with Crippen molar-refractivity contribution >= 4 is 17.8 Å². The van der Waals surface area contributed by atoms with Crippen molar-refractivity contribution in [3.05, 3.63) is 0 Å². The molecule has 1 unspecified atom stereocenters. The molecule has 0 radical (unpaired) electrons. The van der Waals surface area contributed by atoms with Gasteiger partial charge in [0.1, 0.15) is 6.54 Å². The predicted molar refractivity (Wildman–Crippen MR) is 60.2 cm³/mol. The molecule has 1 atom stereocenters. The van der Waals surface area contributed by atoms with Crippen molar-refractivity contribution in [3.63, 3.8) is 0 Å². The summed E-state index contributed by atoms with van der Waals surface area (Å²) in [6.45, 7) is 5.43. The molecule has 0 aromatic rings. The maximum absolute atomic E-state index is 11.8. The van der Waals surface area contributed by atoms with Gasteiger partial charge in [0.05, 0.1) is 5.92 Å². The van der Waals surface area contributed by atoms with Crippen LogP contribution in [0.5, 0.6) is 0 Å². The average Bonchev–Trinajstić information content (AvgIpc) is 2.44. The zero-order valence-electron chi connectivity index (χ0n) is 10.3. The number of carbonyl (C=O) groups is 3. The molecule has 0 aliphatic carbocycles. The van der Waals surface area contributed by atoms with E-state index in [4.69, 9.17) is 5.11 Å². The number of nitrogens with zero attached hydrogens (tertiary/aromatic N) is 1. The highest BCUT2D eigenvalue weighted by molar-refractivity contribution is 5.91. The minimum atomic E-state index is -1.06. The van der Waals surface area contributed by atoms with Crippen LogP contribution < -0.4 is 5.32 Å². The van der Waals surface area contributed by atoms with Gasteiger partial charge in [-0.15, -0.1) is 0 Å². The van der Waals surface area contributed by atoms with Crippen LogP contribution in [-0.2, 0) is 14.4 Å². The fourth-order valence-corrected chi connectivity index (χ4v) is 1.74. The number of amides is 2. The van der Waals surface area contributed by atoms with E-state index in [1.165, 1.54) is 4.90 Å². The highest BCUT2D eigenvalue weighted by Crippen LogP contribution is 2.18. The minimum absolute atomic E-state index is 0.0925. The molecule has 2 N–H and O–H groups in total. The van der Waals surface area contributed by atoms with Crippen molar-refractivity contribution in [1.29, 1.82) is 0 Å². The summed E-state index contributed by atoms with van der Waals surface area (Å²) < 4.78 is 0. The van der Waals surface area contributed by atoms with Gasteiger partial charge in [-0.2, -0.15) is 0 Å². The fraction of sp³-hybridized carbons (Fsp3) is 0.727. The number of rotatable bonds is 3. The normalized spacial score (nSPS) is 20.5. The Morgan fingerprint density at radius 2 is 2.06 bits per heavy atom. The highest BCUT2D eigenvalue weighted by atomic mass is 16.4. The van der Waals surface area contributed by atoms with Crippen LogP contribution in [-0.4, -0.2) is 46.4 Å². The first-order chi connectivity index (χ1) is 7.69. The van der Waals surface area contributed by atoms with Crippen LogP contribution in [0.2, 0.25) is 0 Å². The number of carboxylic acid groups (broad SMARTS) is 1. The van der Waals surface area contributed by atoms with Gasteiger partial charge in [-0.3, -0.25) is 14.4 Å². The van der Waals surface area contributed by atoms with Crippen molar-refractivity contribution < 1.29 is 19.5 Å². The van der Waals surface area contributed by atoms with Gasteiger partial charge in [-0.05, 0) is 20.8 Å². The van der Waals surface area contributed by atoms with E-state index in [0.717, 1.165) is 0 Å². The molecule has 0 spiro atoms. The summed E-state index contributed by atoms with van der Waals surface area (Å²) in [6.07, 6.45) is 0.0925. The van der Waals surface area contributed by atoms with Crippen molar-refractivity contribution in [2.24, 2.45) is 5.92 Å². The summed E-state index contributed by atoms with van der Waals surface area (Å²) in [5.74, 6) is -1.98. The van der Waals surface area contributed by atoms with Gasteiger partial charge in [0.2, 0.25) is 11.8 Å². The minimum Gasteiger partial charge on any atom is -0.480 e. The lowest BCUT2D eigenvalue weighted by Crippen LogP contribution is -2.44. The lowest BCUT2D eigenvalue weighted by atomic mass is 10.0. The van der Waals surface area contributed by atoms with Crippen LogP contribution >= 0.6 is 0 Å². The SMILES string of the molecule is CC(C)(C)NC(=O)C1CC(=O)N(CC(=O)O)C1. The first-order valence-electron chi connectivity index (χ1n) is 5.50. The van der Waals surface area contributed by atoms with E-state index in [1.54, 1.807) is 0 Å². The second-order valence-corrected chi connectivity index (χ2v) is 5.31. The number of carbonyl (C=O) groups excluding carboxylic acids is 2. The summed E-state index contributed by atoms with van der Waals surface area (Å²) in [7, 11) is 0. The standard InChI is InChI=1S/C11H18N2O4/c1-11(2,3)12-10(17)7-4-8(14)13(5-7)6-9(15)16/h7H,4-6H2,1-3H3,(H,12,17)(H,15,16). The first-order valence-corrected chi connectivity index (χ1v) is 5.50. The quantitative estimate of drug-likeness (QED) is 0.719. The van der Waals surface area contributed by atoms with Crippen LogP contribution in [0, 0.1) is 5.92 Å². The van der Waals surface area contributed by atoms with Crippen LogP contribution in [0.3, 0.4) is 0 Å². The Kier molecular flexibility index (Phi) is 3.75. The Morgan fingerprint density at radius 1 is 1.47 bits per heavy atom. The lowest BCUT2D eigenvalue weighted by molar-refractivity contribution is -0.142. The van der Waals surface area contributed by atoms with Gasteiger partial charge >= 0.3 is 5.97 Å². The monoisotopic (exact) mass is 242 g/mol. The second-order valence-electron chi connectivity index (χ2n) is 5.31. The molecule has 96 valence electrons. The Labute approximate surface area is 100.0 Å². The topological polar surface area (TPSA) is 86.7 Å². The molecule has 2 amide bonds. The smallest absolute Gasteiger partial charge is 0.323 e. The Morgan fingerprint density at radius 3 is 2.53 bits per heavy atom. The van der Waals surface area contributed by atoms with E-state index < -0.39 is 11.9 Å². The Balaban J connectivity index is 2.57. The van der Waals surface area contributed by atoms with Crippen LogP contribution in [0.1, 0.15) is 27.2 Å². The molecule has 1 rings (SSSR count). The third-order valence-electron chi connectivity index (χ3n) is 2.41. The molecule has 17 heavy (non-hydrogen) atoms. The molecular weight excluding hydrogens is 224 g/mol. The van der Waals surface area contributed by atoms with E-state index in [-0.39, 0.29) is 36.9 Å². The molecule has 1 aliphatic rings. The van der Waals surface area contributed by atoms with Gasteiger partial charge in [0.15, 0.2) is 0 Å². The number of hydrogen-bond donors (Lipinski definition) is 2. The molecular formula is C11H18N2O4. The molecule has 0 saturated carbocycles. The maximum Gasteiger partial charge on any atom is 0.323 e. The molecule has 1 fully saturated rings. The van der Waals surface area contributed by atoms with Gasteiger partial charge in [-0.1, -0.05) is 0 Å². The molecule has 6 heteroatoms. The van der Waals surface area contributed by atoms with E-state index in [9.17, 15) is 14.4 Å². The zero-order valence-corrected chi connectivity index (χ0v) is 10.3. The molecule has 1 saturated heterocycles. The van der Waals surface area contributed by atoms with Crippen molar-refractivity contribution in [2.45, 2.75) is 32.7 Å². The third-order valence-corrected chi connectivity index (χ3v) is 2.41. The number of hydrogen-bond acceptors (Lipinski definition) is 3. The molecule has 0 aromatic heterocycles. The van der Waals surface area contributed by atoms with Crippen LogP contribution in [0.15, 0.2) is 0 Å². The van der Waals surface area contributed by atoms with E-state index in [1.807, 2.05) is 20.8 Å². The number of nitrogens with one attached hydrogen (secondary N) is 1. The predicted octanol–water partition coefficient (Wildman–Crippen LogP) is -0.166. The summed E-state index contributed by atoms with van der Waals surface area (Å²) in [4.78, 5) is 35.0. The van der Waals surface area contributed by atoms with E-state index >= 15 is 0 Å². The third kappa shape index (κ3) is 4.05. The zero-order chi connectivity index (χ0) is 13.2. The largest absolute Gasteiger partial charge is 0.480 e. The molecule has 6 nitrogen and oxygen atoms in total. The fourth-order valence-electron chi connectivity index (χ4n) is 1.74. The second kappa shape index (κ2) is 4.73. The van der Waals surface area contributed by atoms with Gasteiger partial charge in [0, 0.05) is 18.5 Å². The van der Waals surface area contributed by atoms with Gasteiger partial charge in [0.25, 0.3) is 0 Å². The summed E-state index contributed by atoms with van der Waals surface area (Å²) in [6, 6.07) is 0. The van der Waals surface area contributed by atoms with Gasteiger partial charge in [-0.25, -0.2) is 0 Å². The molecule has 1 aliphatic heterocycles. The van der Waals surface area contributed by atoms with Crippen molar-refractivity contribution in [3.8, 4) is 0 Å². The maximum atomic E-state index is 11.8. The van der Waals surface area contributed by atoms with Crippen LogP contribution in [0.4, 0.5) is 0 Å². The van der Waals surface area contributed by atoms with E-state index in [0.29, 0.717) is 0 Å². The Bertz CT molecular complexity index is 346. The van der Waals surface area contributed by atoms with Crippen molar-refractivity contribution in [1.82, 2.24) is 10.2 Å². The Hall–Kier alpha value is -1.59. The van der Waals surface area contributed by atoms with Gasteiger partial charge < -0.3 is 15.3 Å². The summed E-state index contributed by atoms with van der Waals surface area (Å²) >= 11 is 0. The van der Waals surface area contributed by atoms with E-state index in [2.05, 4.69) is 5.32 Å². The number of carboxylic acids is 1. The van der Waals surface area contributed by atoms with Crippen LogP contribution in [0.25, 0.3) is 0 Å². The highest BCUT2D eigenvalue weighted by Gasteiger charge is 2.36. The summed E-state index contributed by atoms with van der Waals surface area (Å²) in [5, 5.41) is 11.4. The molecule has 1 heterocycles. The van der Waals surface area contributed by atoms with Crippen molar-refractivity contribution in [2.75, 3.05) is 13.1 Å².